The molecule has 0 spiro atoms. The van der Waals surface area contributed by atoms with Crippen LogP contribution < -0.4 is 15.4 Å². The van der Waals surface area contributed by atoms with Crippen molar-refractivity contribution in [2.75, 3.05) is 7.11 Å². The van der Waals surface area contributed by atoms with Crippen molar-refractivity contribution in [3.05, 3.63) is 16.3 Å². The Morgan fingerprint density at radius 1 is 1.56 bits per heavy atom. The van der Waals surface area contributed by atoms with E-state index in [1.165, 1.54) is 18.4 Å². The van der Waals surface area contributed by atoms with Crippen LogP contribution in [0.5, 0.6) is 5.75 Å². The predicted octanol–water partition coefficient (Wildman–Crippen LogP) is 0.292. The van der Waals surface area contributed by atoms with Crippen molar-refractivity contribution in [2.24, 2.45) is 0 Å². The Balaban J connectivity index is 2.03. The first-order valence-electron chi connectivity index (χ1n) is 5.38. The summed E-state index contributed by atoms with van der Waals surface area (Å²) in [7, 11) is 1.48. The molecule has 1 fully saturated rings. The van der Waals surface area contributed by atoms with Crippen LogP contribution in [-0.2, 0) is 9.59 Å². The van der Waals surface area contributed by atoms with Crippen LogP contribution in [0.4, 0.5) is 0 Å². The van der Waals surface area contributed by atoms with E-state index >= 15 is 0 Å². The molecule has 0 aliphatic carbocycles. The molecule has 0 saturated carbocycles. The number of nitrogens with one attached hydrogen (secondary N) is 2. The van der Waals surface area contributed by atoms with Gasteiger partial charge in [-0.3, -0.25) is 19.7 Å². The number of imide groups is 1. The number of methoxy groups -OCH3 is 1. The molecule has 0 radical (unpaired) electrons. The minimum Gasteiger partial charge on any atom is -0.495 e. The van der Waals surface area contributed by atoms with Gasteiger partial charge in [0.2, 0.25) is 11.8 Å². The minimum atomic E-state index is -0.665. The van der Waals surface area contributed by atoms with Crippen LogP contribution in [0.25, 0.3) is 0 Å². The lowest BCUT2D eigenvalue weighted by molar-refractivity contribution is -0.134. The number of thiophene rings is 1. The molecule has 0 aromatic carbocycles. The summed E-state index contributed by atoms with van der Waals surface area (Å²) < 4.78 is 5.03. The predicted molar refractivity (Wildman–Crippen MR) is 64.5 cm³/mol. The largest absolute Gasteiger partial charge is 0.495 e. The quantitative estimate of drug-likeness (QED) is 0.772. The van der Waals surface area contributed by atoms with Crippen LogP contribution in [0.1, 0.15) is 22.5 Å². The van der Waals surface area contributed by atoms with E-state index in [1.54, 1.807) is 11.4 Å². The molecule has 1 aromatic rings. The summed E-state index contributed by atoms with van der Waals surface area (Å²) in [6, 6.07) is 1.02. The summed E-state index contributed by atoms with van der Waals surface area (Å²) in [6.07, 6.45) is 0.558. The zero-order valence-corrected chi connectivity index (χ0v) is 10.5. The lowest BCUT2D eigenvalue weighted by Gasteiger charge is -2.21. The van der Waals surface area contributed by atoms with Crippen LogP contribution >= 0.6 is 11.3 Å². The maximum Gasteiger partial charge on any atom is 0.265 e. The van der Waals surface area contributed by atoms with Crippen molar-refractivity contribution < 1.29 is 19.1 Å². The minimum absolute atomic E-state index is 0.234. The van der Waals surface area contributed by atoms with E-state index in [9.17, 15) is 14.4 Å². The third-order valence-corrected chi connectivity index (χ3v) is 3.49. The molecule has 0 unspecified atom stereocenters. The molecule has 6 nitrogen and oxygen atoms in total. The fraction of sp³-hybridized carbons (Fsp3) is 0.364. The number of hydrogen-bond donors (Lipinski definition) is 2. The first-order valence-corrected chi connectivity index (χ1v) is 6.26. The molecule has 18 heavy (non-hydrogen) atoms. The molecule has 1 atom stereocenters. The van der Waals surface area contributed by atoms with Crippen molar-refractivity contribution in [1.82, 2.24) is 10.6 Å². The van der Waals surface area contributed by atoms with Gasteiger partial charge in [0.15, 0.2) is 0 Å². The Morgan fingerprint density at radius 3 is 3.00 bits per heavy atom. The molecule has 3 amide bonds. The smallest absolute Gasteiger partial charge is 0.265 e. The molecule has 1 aliphatic rings. The van der Waals surface area contributed by atoms with Gasteiger partial charge >= 0.3 is 0 Å². The molecule has 2 rings (SSSR count). The fourth-order valence-electron chi connectivity index (χ4n) is 1.68. The molecule has 96 valence electrons. The zero-order chi connectivity index (χ0) is 13.1. The van der Waals surface area contributed by atoms with E-state index in [1.807, 2.05) is 0 Å². The topological polar surface area (TPSA) is 84.5 Å². The molecule has 1 aliphatic heterocycles. The van der Waals surface area contributed by atoms with Crippen LogP contribution in [0.15, 0.2) is 11.4 Å². The number of ether oxygens (including phenoxy) is 1. The summed E-state index contributed by atoms with van der Waals surface area (Å²) in [6.45, 7) is 0. The third-order valence-electron chi connectivity index (χ3n) is 2.60. The summed E-state index contributed by atoms with van der Waals surface area (Å²) in [5, 5.41) is 6.52. The van der Waals surface area contributed by atoms with E-state index in [2.05, 4.69) is 10.6 Å². The van der Waals surface area contributed by atoms with Gasteiger partial charge in [0.25, 0.3) is 5.91 Å². The monoisotopic (exact) mass is 268 g/mol. The maximum absolute atomic E-state index is 11.9. The molecule has 2 heterocycles. The zero-order valence-electron chi connectivity index (χ0n) is 9.69. The fourth-order valence-corrected chi connectivity index (χ4v) is 2.44. The van der Waals surface area contributed by atoms with Gasteiger partial charge in [0.1, 0.15) is 16.7 Å². The SMILES string of the molecule is COc1ccsc1C(=O)N[C@H]1CCC(=O)NC1=O. The average Bonchev–Trinajstić information content (AvgIpc) is 2.81. The summed E-state index contributed by atoms with van der Waals surface area (Å²) in [5.74, 6) is -0.657. The van der Waals surface area contributed by atoms with Gasteiger partial charge in [-0.15, -0.1) is 11.3 Å². The Bertz CT molecular complexity index is 497. The molecule has 0 bridgehead atoms. The highest BCUT2D eigenvalue weighted by Gasteiger charge is 2.29. The lowest BCUT2D eigenvalue weighted by atomic mass is 10.1. The van der Waals surface area contributed by atoms with Gasteiger partial charge in [-0.25, -0.2) is 0 Å². The van der Waals surface area contributed by atoms with Crippen molar-refractivity contribution >= 4 is 29.1 Å². The molecule has 1 saturated heterocycles. The summed E-state index contributed by atoms with van der Waals surface area (Å²) >= 11 is 1.24. The standard InChI is InChI=1S/C11H12N2O4S/c1-17-7-4-5-18-9(7)11(16)12-6-2-3-8(14)13-10(6)15/h4-6H,2-3H2,1H3,(H,12,16)(H,13,14,15)/t6-/m0/s1. The van der Waals surface area contributed by atoms with Crippen LogP contribution in [0, 0.1) is 0 Å². The van der Waals surface area contributed by atoms with Gasteiger partial charge in [-0.1, -0.05) is 0 Å². The highest BCUT2D eigenvalue weighted by molar-refractivity contribution is 7.12. The van der Waals surface area contributed by atoms with Crippen LogP contribution in [-0.4, -0.2) is 30.9 Å². The number of carbonyl (C=O) groups excluding carboxylic acids is 3. The summed E-state index contributed by atoms with van der Waals surface area (Å²) in [5.41, 5.74) is 0. The van der Waals surface area contributed by atoms with E-state index in [4.69, 9.17) is 4.74 Å². The summed E-state index contributed by atoms with van der Waals surface area (Å²) in [4.78, 5) is 34.8. The molecule has 2 N–H and O–H groups in total. The van der Waals surface area contributed by atoms with Gasteiger partial charge < -0.3 is 10.1 Å². The Hall–Kier alpha value is -1.89. The van der Waals surface area contributed by atoms with Gasteiger partial charge in [0.05, 0.1) is 7.11 Å². The van der Waals surface area contributed by atoms with Crippen LogP contribution in [0.3, 0.4) is 0 Å². The van der Waals surface area contributed by atoms with Crippen molar-refractivity contribution in [1.29, 1.82) is 0 Å². The number of rotatable bonds is 3. The van der Waals surface area contributed by atoms with Crippen molar-refractivity contribution in [3.8, 4) is 5.75 Å². The maximum atomic E-state index is 11.9. The molecule has 7 heteroatoms. The molecule has 1 aromatic heterocycles. The number of amides is 3. The first kappa shape index (κ1) is 12.6. The van der Waals surface area contributed by atoms with Gasteiger partial charge in [0, 0.05) is 6.42 Å². The van der Waals surface area contributed by atoms with Crippen LogP contribution in [0.2, 0.25) is 0 Å². The Kier molecular flexibility index (Phi) is 3.61. The third kappa shape index (κ3) is 2.51. The molecular weight excluding hydrogens is 256 g/mol. The second kappa shape index (κ2) is 5.18. The highest BCUT2D eigenvalue weighted by Crippen LogP contribution is 2.24. The number of hydrogen-bond acceptors (Lipinski definition) is 5. The lowest BCUT2D eigenvalue weighted by Crippen LogP contribution is -2.52. The van der Waals surface area contributed by atoms with Gasteiger partial charge in [-0.2, -0.15) is 0 Å². The second-order valence-electron chi connectivity index (χ2n) is 3.80. The van der Waals surface area contributed by atoms with Gasteiger partial charge in [-0.05, 0) is 17.9 Å². The van der Waals surface area contributed by atoms with E-state index in [0.717, 1.165) is 0 Å². The average molecular weight is 268 g/mol. The molecular formula is C11H12N2O4S. The van der Waals surface area contributed by atoms with Crippen molar-refractivity contribution in [3.63, 3.8) is 0 Å². The van der Waals surface area contributed by atoms with E-state index in [0.29, 0.717) is 17.0 Å². The normalized spacial score (nSPS) is 19.3. The number of carbonyl (C=O) groups is 3. The highest BCUT2D eigenvalue weighted by atomic mass is 32.1. The number of piperidine rings is 1. The second-order valence-corrected chi connectivity index (χ2v) is 4.71. The van der Waals surface area contributed by atoms with E-state index in [-0.39, 0.29) is 18.2 Å². The van der Waals surface area contributed by atoms with E-state index < -0.39 is 11.9 Å². The Labute approximate surface area is 107 Å². The van der Waals surface area contributed by atoms with Crippen molar-refractivity contribution in [2.45, 2.75) is 18.9 Å². The first-order chi connectivity index (χ1) is 8.61. The Morgan fingerprint density at radius 2 is 2.33 bits per heavy atom.